The van der Waals surface area contributed by atoms with Crippen molar-refractivity contribution in [1.29, 1.82) is 0 Å². The molecular weight excluding hydrogens is 184 g/mol. The van der Waals surface area contributed by atoms with Gasteiger partial charge in [-0.15, -0.1) is 0 Å². The smallest absolute Gasteiger partial charge is 0.0178 e. The molecule has 0 aliphatic rings. The summed E-state index contributed by atoms with van der Waals surface area (Å²) < 4.78 is 0. The van der Waals surface area contributed by atoms with Crippen LogP contribution in [-0.2, 0) is 6.54 Å². The number of hydrogen-bond acceptors (Lipinski definition) is 2. The maximum Gasteiger partial charge on any atom is 0.0178 e. The fraction of sp³-hybridized carbons (Fsp3) is 0.385. The lowest BCUT2D eigenvalue weighted by Gasteiger charge is -1.90. The molecule has 0 aromatic heterocycles. The predicted octanol–water partition coefficient (Wildman–Crippen LogP) is 2.32. The summed E-state index contributed by atoms with van der Waals surface area (Å²) in [4.78, 5) is 0. The molecule has 1 rings (SSSR count). The van der Waals surface area contributed by atoms with Crippen LogP contribution in [0, 0.1) is 0 Å². The molecule has 0 heterocycles. The van der Waals surface area contributed by atoms with E-state index in [1.54, 1.807) is 0 Å². The Morgan fingerprint density at radius 3 is 2.33 bits per heavy atom. The van der Waals surface area contributed by atoms with Crippen molar-refractivity contribution in [2.75, 3.05) is 13.1 Å². The van der Waals surface area contributed by atoms with E-state index >= 15 is 0 Å². The summed E-state index contributed by atoms with van der Waals surface area (Å²) in [5.74, 6) is 0. The Morgan fingerprint density at radius 1 is 1.27 bits per heavy atom. The number of nitrogens with one attached hydrogen (secondary N) is 1. The van der Waals surface area contributed by atoms with Crippen LogP contribution >= 0.6 is 0 Å². The fourth-order valence-corrected chi connectivity index (χ4v) is 0.960. The van der Waals surface area contributed by atoms with Gasteiger partial charge in [-0.2, -0.15) is 0 Å². The summed E-state index contributed by atoms with van der Waals surface area (Å²) in [6.07, 6.45) is 4.14. The average Bonchev–Trinajstić information content (AvgIpc) is 2.32. The summed E-state index contributed by atoms with van der Waals surface area (Å²) in [5.41, 5.74) is 6.54. The van der Waals surface area contributed by atoms with Crippen molar-refractivity contribution < 1.29 is 0 Å². The van der Waals surface area contributed by atoms with E-state index in [9.17, 15) is 0 Å². The van der Waals surface area contributed by atoms with E-state index in [2.05, 4.69) is 18.3 Å². The van der Waals surface area contributed by atoms with Crippen molar-refractivity contribution in [1.82, 2.24) is 5.32 Å². The Hall–Kier alpha value is -1.12. The summed E-state index contributed by atoms with van der Waals surface area (Å²) in [6.45, 7) is 6.83. The van der Waals surface area contributed by atoms with Gasteiger partial charge in [0.25, 0.3) is 0 Å². The van der Waals surface area contributed by atoms with Gasteiger partial charge < -0.3 is 11.1 Å². The molecule has 0 saturated carbocycles. The largest absolute Gasteiger partial charge is 0.326 e. The van der Waals surface area contributed by atoms with Crippen LogP contribution in [0.4, 0.5) is 0 Å². The van der Waals surface area contributed by atoms with Gasteiger partial charge in [0.05, 0.1) is 0 Å². The van der Waals surface area contributed by atoms with Gasteiger partial charge in [-0.05, 0) is 19.0 Å². The van der Waals surface area contributed by atoms with Crippen molar-refractivity contribution in [3.05, 3.63) is 48.0 Å². The Morgan fingerprint density at radius 2 is 1.93 bits per heavy atom. The lowest BCUT2D eigenvalue weighted by atomic mass is 10.2. The van der Waals surface area contributed by atoms with Gasteiger partial charge in [-0.1, -0.05) is 49.4 Å². The van der Waals surface area contributed by atoms with Crippen LogP contribution in [0.15, 0.2) is 42.5 Å². The summed E-state index contributed by atoms with van der Waals surface area (Å²) >= 11 is 0. The normalized spacial score (nSPS) is 9.80. The Kier molecular flexibility index (Phi) is 10.1. The Balaban J connectivity index is 0.000000265. The quantitative estimate of drug-likeness (QED) is 0.586. The van der Waals surface area contributed by atoms with E-state index in [0.717, 1.165) is 13.1 Å². The molecule has 0 saturated heterocycles. The number of hydrogen-bond donors (Lipinski definition) is 2. The van der Waals surface area contributed by atoms with Crippen molar-refractivity contribution in [3.63, 3.8) is 0 Å². The topological polar surface area (TPSA) is 38.0 Å². The minimum Gasteiger partial charge on any atom is -0.326 e. The molecule has 1 aromatic rings. The minimum absolute atomic E-state index is 0.640. The molecule has 0 unspecified atom stereocenters. The van der Waals surface area contributed by atoms with E-state index in [4.69, 9.17) is 5.73 Å². The third-order valence-corrected chi connectivity index (χ3v) is 1.83. The molecule has 0 amide bonds. The fourth-order valence-electron chi connectivity index (χ4n) is 0.960. The van der Waals surface area contributed by atoms with E-state index < -0.39 is 0 Å². The zero-order valence-electron chi connectivity index (χ0n) is 9.74. The highest BCUT2D eigenvalue weighted by Gasteiger charge is 1.80. The van der Waals surface area contributed by atoms with Gasteiger partial charge >= 0.3 is 0 Å². The number of nitrogens with two attached hydrogens (primary N) is 1. The molecule has 0 radical (unpaired) electrons. The standard InChI is InChI=1S/C7H9N.C6H13N/c8-6-7-4-2-1-3-5-7;1-3-5-6-7-4-2/h1-5H,6,8H2;3,5,7H,4,6H2,1-2H3/b;5-3-. The van der Waals surface area contributed by atoms with Crippen LogP contribution < -0.4 is 11.1 Å². The van der Waals surface area contributed by atoms with Crippen LogP contribution in [0.5, 0.6) is 0 Å². The monoisotopic (exact) mass is 206 g/mol. The highest BCUT2D eigenvalue weighted by atomic mass is 14.8. The predicted molar refractivity (Wildman–Crippen MR) is 67.7 cm³/mol. The maximum absolute atomic E-state index is 5.35. The van der Waals surface area contributed by atoms with Gasteiger partial charge in [0.2, 0.25) is 0 Å². The van der Waals surface area contributed by atoms with E-state index in [1.807, 2.05) is 43.3 Å². The van der Waals surface area contributed by atoms with E-state index in [1.165, 1.54) is 5.56 Å². The van der Waals surface area contributed by atoms with Gasteiger partial charge in [0.1, 0.15) is 0 Å². The van der Waals surface area contributed by atoms with Crippen LogP contribution in [-0.4, -0.2) is 13.1 Å². The molecule has 0 fully saturated rings. The molecule has 0 aliphatic heterocycles. The number of rotatable bonds is 4. The van der Waals surface area contributed by atoms with E-state index in [0.29, 0.717) is 6.54 Å². The molecular formula is C13H22N2. The summed E-state index contributed by atoms with van der Waals surface area (Å²) in [6, 6.07) is 9.99. The van der Waals surface area contributed by atoms with Gasteiger partial charge in [0.15, 0.2) is 0 Å². The average molecular weight is 206 g/mol. The second kappa shape index (κ2) is 11.0. The molecule has 0 atom stereocenters. The zero-order valence-corrected chi connectivity index (χ0v) is 9.74. The van der Waals surface area contributed by atoms with Gasteiger partial charge in [-0.25, -0.2) is 0 Å². The lowest BCUT2D eigenvalue weighted by molar-refractivity contribution is 0.799. The van der Waals surface area contributed by atoms with Crippen molar-refractivity contribution in [3.8, 4) is 0 Å². The Bertz CT molecular complexity index is 242. The highest BCUT2D eigenvalue weighted by Crippen LogP contribution is 1.94. The maximum atomic E-state index is 5.35. The molecule has 2 heteroatoms. The highest BCUT2D eigenvalue weighted by molar-refractivity contribution is 5.13. The second-order valence-corrected chi connectivity index (χ2v) is 3.07. The SMILES string of the molecule is C/C=C\CNCC.NCc1ccccc1. The summed E-state index contributed by atoms with van der Waals surface area (Å²) in [7, 11) is 0. The molecule has 0 aliphatic carbocycles. The first kappa shape index (κ1) is 13.9. The van der Waals surface area contributed by atoms with Gasteiger partial charge in [0, 0.05) is 13.1 Å². The lowest BCUT2D eigenvalue weighted by Crippen LogP contribution is -2.11. The number of likely N-dealkylation sites (N-methyl/N-ethyl adjacent to an activating group) is 1. The molecule has 0 bridgehead atoms. The first-order chi connectivity index (χ1) is 7.35. The van der Waals surface area contributed by atoms with Crippen LogP contribution in [0.3, 0.4) is 0 Å². The third kappa shape index (κ3) is 9.19. The van der Waals surface area contributed by atoms with Gasteiger partial charge in [-0.3, -0.25) is 0 Å². The molecule has 2 nitrogen and oxygen atoms in total. The summed E-state index contributed by atoms with van der Waals surface area (Å²) in [5, 5.41) is 3.16. The van der Waals surface area contributed by atoms with E-state index in [-0.39, 0.29) is 0 Å². The number of benzene rings is 1. The van der Waals surface area contributed by atoms with Crippen LogP contribution in [0.2, 0.25) is 0 Å². The van der Waals surface area contributed by atoms with Crippen LogP contribution in [0.1, 0.15) is 19.4 Å². The third-order valence-electron chi connectivity index (χ3n) is 1.83. The van der Waals surface area contributed by atoms with Crippen molar-refractivity contribution >= 4 is 0 Å². The van der Waals surface area contributed by atoms with Crippen molar-refractivity contribution in [2.24, 2.45) is 5.73 Å². The number of allylic oxidation sites excluding steroid dienone is 1. The van der Waals surface area contributed by atoms with Crippen molar-refractivity contribution in [2.45, 2.75) is 20.4 Å². The molecule has 0 spiro atoms. The first-order valence-corrected chi connectivity index (χ1v) is 5.41. The Labute approximate surface area is 93.2 Å². The first-order valence-electron chi connectivity index (χ1n) is 5.41. The molecule has 15 heavy (non-hydrogen) atoms. The molecule has 3 N–H and O–H groups in total. The van der Waals surface area contributed by atoms with Crippen LogP contribution in [0.25, 0.3) is 0 Å². The second-order valence-electron chi connectivity index (χ2n) is 3.07. The molecule has 1 aromatic carbocycles. The minimum atomic E-state index is 0.640. The molecule has 84 valence electrons. The zero-order chi connectivity index (χ0) is 11.4.